The second kappa shape index (κ2) is 5.86. The van der Waals surface area contributed by atoms with Crippen LogP contribution in [0.1, 0.15) is 26.2 Å². The zero-order chi connectivity index (χ0) is 10.4. The number of anilines is 1. The highest BCUT2D eigenvalue weighted by Gasteiger charge is 2.11. The van der Waals surface area contributed by atoms with Crippen molar-refractivity contribution in [2.24, 2.45) is 0 Å². The first-order valence-electron chi connectivity index (χ1n) is 4.95. The second-order valence-corrected chi connectivity index (χ2v) is 3.37. The molecular formula is C9H16ClN3O. The van der Waals surface area contributed by atoms with E-state index in [2.05, 4.69) is 28.9 Å². The van der Waals surface area contributed by atoms with E-state index in [-0.39, 0.29) is 0 Å². The summed E-state index contributed by atoms with van der Waals surface area (Å²) in [5.74, 6) is 1.13. The largest absolute Gasteiger partial charge is 0.408 e. The third kappa shape index (κ3) is 2.87. The Morgan fingerprint density at radius 2 is 2.14 bits per heavy atom. The number of nitrogens with zero attached hydrogens (tertiary/aromatic N) is 3. The van der Waals surface area contributed by atoms with Gasteiger partial charge in [0.15, 0.2) is 0 Å². The van der Waals surface area contributed by atoms with Gasteiger partial charge in [-0.1, -0.05) is 12.0 Å². The van der Waals surface area contributed by atoms with Crippen molar-refractivity contribution in [1.82, 2.24) is 10.2 Å². The van der Waals surface area contributed by atoms with Crippen LogP contribution in [0.5, 0.6) is 0 Å². The summed E-state index contributed by atoms with van der Waals surface area (Å²) in [6.07, 6.45) is 1.71. The van der Waals surface area contributed by atoms with Crippen LogP contribution >= 0.6 is 11.6 Å². The fourth-order valence-electron chi connectivity index (χ4n) is 1.21. The summed E-state index contributed by atoms with van der Waals surface area (Å²) in [4.78, 5) is 2.06. The number of rotatable bonds is 6. The highest BCUT2D eigenvalue weighted by atomic mass is 35.5. The van der Waals surface area contributed by atoms with Crippen LogP contribution in [0.3, 0.4) is 0 Å². The van der Waals surface area contributed by atoms with E-state index < -0.39 is 0 Å². The summed E-state index contributed by atoms with van der Waals surface area (Å²) in [7, 11) is 0. The Balaban J connectivity index is 2.63. The fourth-order valence-corrected chi connectivity index (χ4v) is 1.38. The summed E-state index contributed by atoms with van der Waals surface area (Å²) in [6, 6.07) is 0.606. The van der Waals surface area contributed by atoms with E-state index in [9.17, 15) is 0 Å². The lowest BCUT2D eigenvalue weighted by Crippen LogP contribution is -2.23. The maximum Gasteiger partial charge on any atom is 0.318 e. The van der Waals surface area contributed by atoms with Gasteiger partial charge in [-0.2, -0.15) is 0 Å². The molecule has 14 heavy (non-hydrogen) atoms. The number of aryl methyl sites for hydroxylation is 1. The van der Waals surface area contributed by atoms with Gasteiger partial charge in [0.1, 0.15) is 0 Å². The van der Waals surface area contributed by atoms with Gasteiger partial charge in [-0.05, 0) is 13.3 Å². The molecule has 0 aromatic carbocycles. The maximum absolute atomic E-state index is 5.58. The van der Waals surface area contributed by atoms with Crippen LogP contribution < -0.4 is 4.90 Å². The number of hydrogen-bond acceptors (Lipinski definition) is 4. The lowest BCUT2D eigenvalue weighted by Gasteiger charge is -2.15. The molecule has 0 spiro atoms. The van der Waals surface area contributed by atoms with Crippen molar-refractivity contribution in [2.75, 3.05) is 23.9 Å². The maximum atomic E-state index is 5.58. The molecule has 0 unspecified atom stereocenters. The molecule has 0 bridgehead atoms. The molecule has 0 fully saturated rings. The molecule has 0 saturated heterocycles. The molecule has 0 saturated carbocycles. The minimum absolute atomic E-state index is 0.515. The molecule has 0 N–H and O–H groups in total. The molecule has 0 aliphatic heterocycles. The standard InChI is InChI=1S/C9H16ClN3O/c1-3-7-13(4-2)9-12-11-8(14-9)5-6-10/h3-7H2,1-2H3. The van der Waals surface area contributed by atoms with Gasteiger partial charge in [-0.25, -0.2) is 0 Å². The summed E-state index contributed by atoms with van der Waals surface area (Å²) >= 11 is 5.58. The van der Waals surface area contributed by atoms with Gasteiger partial charge >= 0.3 is 6.01 Å². The Morgan fingerprint density at radius 3 is 2.71 bits per heavy atom. The number of aromatic nitrogens is 2. The molecule has 0 aliphatic carbocycles. The van der Waals surface area contributed by atoms with Crippen molar-refractivity contribution in [2.45, 2.75) is 26.7 Å². The molecule has 1 aromatic heterocycles. The quantitative estimate of drug-likeness (QED) is 0.685. The Morgan fingerprint density at radius 1 is 1.36 bits per heavy atom. The first kappa shape index (κ1) is 11.3. The Bertz CT molecular complexity index is 264. The zero-order valence-corrected chi connectivity index (χ0v) is 9.42. The Kier molecular flexibility index (Phi) is 4.73. The van der Waals surface area contributed by atoms with Crippen LogP contribution in [0.15, 0.2) is 4.42 Å². The van der Waals surface area contributed by atoms with Crippen LogP contribution in [0.4, 0.5) is 6.01 Å². The van der Waals surface area contributed by atoms with E-state index in [1.54, 1.807) is 0 Å². The molecule has 80 valence electrons. The number of halogens is 1. The van der Waals surface area contributed by atoms with E-state index >= 15 is 0 Å². The average Bonchev–Trinajstić information content (AvgIpc) is 2.63. The van der Waals surface area contributed by atoms with E-state index in [1.807, 2.05) is 0 Å². The molecule has 1 rings (SSSR count). The summed E-state index contributed by atoms with van der Waals surface area (Å²) in [5.41, 5.74) is 0. The molecule has 0 aliphatic rings. The molecule has 0 amide bonds. The molecule has 1 heterocycles. The molecular weight excluding hydrogens is 202 g/mol. The third-order valence-corrected chi connectivity index (χ3v) is 2.10. The zero-order valence-electron chi connectivity index (χ0n) is 8.66. The van der Waals surface area contributed by atoms with Crippen molar-refractivity contribution < 1.29 is 4.42 Å². The first-order chi connectivity index (χ1) is 6.81. The summed E-state index contributed by atoms with van der Waals surface area (Å²) in [5, 5.41) is 7.89. The molecule has 0 atom stereocenters. The SMILES string of the molecule is CCCN(CC)c1nnc(CCCl)o1. The normalized spacial score (nSPS) is 10.5. The van der Waals surface area contributed by atoms with E-state index in [0.29, 0.717) is 24.2 Å². The summed E-state index contributed by atoms with van der Waals surface area (Å²) in [6.45, 7) is 6.02. The van der Waals surface area contributed by atoms with Gasteiger partial charge in [-0.15, -0.1) is 16.7 Å². The monoisotopic (exact) mass is 217 g/mol. The van der Waals surface area contributed by atoms with Gasteiger partial charge in [0.2, 0.25) is 5.89 Å². The number of hydrogen-bond donors (Lipinski definition) is 0. The van der Waals surface area contributed by atoms with E-state index in [0.717, 1.165) is 19.5 Å². The highest BCUT2D eigenvalue weighted by Crippen LogP contribution is 2.12. The Hall–Kier alpha value is -0.770. The topological polar surface area (TPSA) is 42.2 Å². The van der Waals surface area contributed by atoms with Gasteiger partial charge in [0.25, 0.3) is 0 Å². The first-order valence-corrected chi connectivity index (χ1v) is 5.48. The minimum atomic E-state index is 0.515. The van der Waals surface area contributed by atoms with Crippen LogP contribution in [0, 0.1) is 0 Å². The van der Waals surface area contributed by atoms with Crippen molar-refractivity contribution in [3.05, 3.63) is 5.89 Å². The van der Waals surface area contributed by atoms with Crippen LogP contribution in [0.25, 0.3) is 0 Å². The summed E-state index contributed by atoms with van der Waals surface area (Å²) < 4.78 is 5.45. The lowest BCUT2D eigenvalue weighted by atomic mass is 10.4. The predicted molar refractivity (Wildman–Crippen MR) is 56.9 cm³/mol. The van der Waals surface area contributed by atoms with Crippen molar-refractivity contribution in [1.29, 1.82) is 0 Å². The van der Waals surface area contributed by atoms with Gasteiger partial charge in [-0.3, -0.25) is 0 Å². The second-order valence-electron chi connectivity index (χ2n) is 3.00. The highest BCUT2D eigenvalue weighted by molar-refractivity contribution is 6.17. The van der Waals surface area contributed by atoms with E-state index in [1.165, 1.54) is 0 Å². The van der Waals surface area contributed by atoms with Crippen LogP contribution in [-0.4, -0.2) is 29.2 Å². The van der Waals surface area contributed by atoms with Crippen molar-refractivity contribution in [3.8, 4) is 0 Å². The van der Waals surface area contributed by atoms with Crippen LogP contribution in [0.2, 0.25) is 0 Å². The smallest absolute Gasteiger partial charge is 0.318 e. The van der Waals surface area contributed by atoms with Gasteiger partial charge in [0, 0.05) is 25.4 Å². The average molecular weight is 218 g/mol. The molecule has 4 nitrogen and oxygen atoms in total. The molecule has 0 radical (unpaired) electrons. The van der Waals surface area contributed by atoms with Gasteiger partial charge in [0.05, 0.1) is 0 Å². The lowest BCUT2D eigenvalue weighted by molar-refractivity contribution is 0.489. The van der Waals surface area contributed by atoms with Gasteiger partial charge < -0.3 is 9.32 Å². The third-order valence-electron chi connectivity index (χ3n) is 1.91. The van der Waals surface area contributed by atoms with Crippen LogP contribution in [-0.2, 0) is 6.42 Å². The minimum Gasteiger partial charge on any atom is -0.408 e. The Labute approximate surface area is 89.3 Å². The number of alkyl halides is 1. The predicted octanol–water partition coefficient (Wildman–Crippen LogP) is 2.09. The van der Waals surface area contributed by atoms with Crippen molar-refractivity contribution >= 4 is 17.6 Å². The molecule has 5 heteroatoms. The van der Waals surface area contributed by atoms with Crippen molar-refractivity contribution in [3.63, 3.8) is 0 Å². The van der Waals surface area contributed by atoms with E-state index in [4.69, 9.17) is 16.0 Å². The molecule has 1 aromatic rings. The fraction of sp³-hybridized carbons (Fsp3) is 0.778.